The van der Waals surface area contributed by atoms with Crippen LogP contribution in [0.2, 0.25) is 0 Å². The van der Waals surface area contributed by atoms with Crippen LogP contribution in [0, 0.1) is 0 Å². The normalized spacial score (nSPS) is 10.9. The average molecular weight is 626 g/mol. The zero-order valence-electron chi connectivity index (χ0n) is 27.2. The molecule has 1 heteroatoms. The fourth-order valence-electron chi connectivity index (χ4n) is 6.63. The van der Waals surface area contributed by atoms with Crippen molar-refractivity contribution in [1.82, 2.24) is 0 Å². The van der Waals surface area contributed by atoms with Crippen molar-refractivity contribution in [3.63, 3.8) is 0 Å². The molecule has 8 aromatic rings. The first-order valence-corrected chi connectivity index (χ1v) is 16.8. The molecule has 0 fully saturated rings. The molecule has 232 valence electrons. The Balaban J connectivity index is 1.27. The molecule has 0 N–H and O–H groups in total. The fourth-order valence-corrected chi connectivity index (χ4v) is 6.63. The first kappa shape index (κ1) is 29.9. The lowest BCUT2D eigenvalue weighted by Crippen LogP contribution is -2.11. The Morgan fingerprint density at radius 1 is 0.224 bits per heavy atom. The first-order valence-electron chi connectivity index (χ1n) is 16.8. The molecule has 49 heavy (non-hydrogen) atoms. The van der Waals surface area contributed by atoms with Crippen molar-refractivity contribution in [2.45, 2.75) is 0 Å². The minimum absolute atomic E-state index is 1.10. The topological polar surface area (TPSA) is 3.24 Å². The van der Waals surface area contributed by atoms with E-state index in [0.29, 0.717) is 0 Å². The van der Waals surface area contributed by atoms with E-state index >= 15 is 0 Å². The van der Waals surface area contributed by atoms with Crippen LogP contribution in [0.4, 0.5) is 17.1 Å². The van der Waals surface area contributed by atoms with Crippen molar-refractivity contribution in [2.24, 2.45) is 0 Å². The molecule has 0 amide bonds. The van der Waals surface area contributed by atoms with E-state index in [1.165, 1.54) is 55.6 Å². The molecule has 0 saturated heterocycles. The second-order valence-corrected chi connectivity index (χ2v) is 12.2. The second-order valence-electron chi connectivity index (χ2n) is 12.2. The summed E-state index contributed by atoms with van der Waals surface area (Å²) in [5.74, 6) is 0. The maximum absolute atomic E-state index is 2.40. The summed E-state index contributed by atoms with van der Waals surface area (Å²) < 4.78 is 0. The first-order chi connectivity index (χ1) is 24.3. The van der Waals surface area contributed by atoms with Crippen molar-refractivity contribution < 1.29 is 0 Å². The summed E-state index contributed by atoms with van der Waals surface area (Å²) in [6.07, 6.45) is 0. The van der Waals surface area contributed by atoms with Crippen LogP contribution in [0.1, 0.15) is 0 Å². The zero-order valence-corrected chi connectivity index (χ0v) is 27.2. The molecular weight excluding hydrogens is 591 g/mol. The molecule has 0 spiro atoms. The van der Waals surface area contributed by atoms with Crippen molar-refractivity contribution in [1.29, 1.82) is 0 Å². The number of nitrogens with zero attached hydrogens (tertiary/aromatic N) is 1. The highest BCUT2D eigenvalue weighted by Crippen LogP contribution is 2.43. The molecule has 0 radical (unpaired) electrons. The SMILES string of the molecule is c1ccc(-c2cccc(-c3cccc(-c4ccccc4N(c4cccc(-c5ccccc5)c4)c4cccc(-c5ccccc5)c4)c3)c2)cc1. The molecule has 0 aliphatic heterocycles. The van der Waals surface area contributed by atoms with Crippen LogP contribution in [-0.2, 0) is 0 Å². The van der Waals surface area contributed by atoms with Gasteiger partial charge in [0.15, 0.2) is 0 Å². The van der Waals surface area contributed by atoms with Gasteiger partial charge in [-0.15, -0.1) is 0 Å². The molecule has 0 aliphatic rings. The third-order valence-corrected chi connectivity index (χ3v) is 9.04. The number of anilines is 3. The van der Waals surface area contributed by atoms with Crippen LogP contribution in [0.3, 0.4) is 0 Å². The van der Waals surface area contributed by atoms with Gasteiger partial charge in [-0.05, 0) is 92.5 Å². The largest absolute Gasteiger partial charge is 0.310 e. The Hall–Kier alpha value is -6.44. The number of para-hydroxylation sites is 1. The predicted molar refractivity (Wildman–Crippen MR) is 208 cm³/mol. The number of benzene rings is 8. The maximum Gasteiger partial charge on any atom is 0.0540 e. The average Bonchev–Trinajstić information content (AvgIpc) is 3.20. The van der Waals surface area contributed by atoms with Crippen LogP contribution >= 0.6 is 0 Å². The monoisotopic (exact) mass is 625 g/mol. The third-order valence-electron chi connectivity index (χ3n) is 9.04. The smallest absolute Gasteiger partial charge is 0.0540 e. The Morgan fingerprint density at radius 3 is 1.04 bits per heavy atom. The van der Waals surface area contributed by atoms with Crippen LogP contribution in [-0.4, -0.2) is 0 Å². The zero-order chi connectivity index (χ0) is 32.8. The Labute approximate surface area is 289 Å². The second kappa shape index (κ2) is 13.7. The van der Waals surface area contributed by atoms with Gasteiger partial charge in [0.05, 0.1) is 5.69 Å². The highest BCUT2D eigenvalue weighted by atomic mass is 15.1. The molecule has 0 atom stereocenters. The Kier molecular flexibility index (Phi) is 8.39. The highest BCUT2D eigenvalue weighted by molar-refractivity contribution is 5.91. The standard InChI is InChI=1S/C48H35N/c1-4-16-36(17-5-1)39-22-12-23-40(32-39)41-24-13-27-44(33-41)47-30-10-11-31-48(47)49(45-28-14-25-42(34-45)37-18-6-2-7-19-37)46-29-15-26-43(35-46)38-20-8-3-9-21-38/h1-35H. The van der Waals surface area contributed by atoms with Crippen molar-refractivity contribution in [2.75, 3.05) is 4.90 Å². The van der Waals surface area contributed by atoms with E-state index in [2.05, 4.69) is 217 Å². The molecule has 0 saturated carbocycles. The molecule has 0 bridgehead atoms. The van der Waals surface area contributed by atoms with Gasteiger partial charge in [0.25, 0.3) is 0 Å². The lowest BCUT2D eigenvalue weighted by atomic mass is 9.95. The number of hydrogen-bond acceptors (Lipinski definition) is 1. The van der Waals surface area contributed by atoms with Gasteiger partial charge in [-0.3, -0.25) is 0 Å². The molecule has 0 aliphatic carbocycles. The van der Waals surface area contributed by atoms with Crippen molar-refractivity contribution in [3.8, 4) is 55.6 Å². The molecule has 0 unspecified atom stereocenters. The third kappa shape index (κ3) is 6.43. The van der Waals surface area contributed by atoms with Crippen molar-refractivity contribution in [3.05, 3.63) is 212 Å². The summed E-state index contributed by atoms with van der Waals surface area (Å²) in [6, 6.07) is 76.0. The van der Waals surface area contributed by atoms with Gasteiger partial charge in [0.2, 0.25) is 0 Å². The van der Waals surface area contributed by atoms with Gasteiger partial charge >= 0.3 is 0 Å². The number of hydrogen-bond donors (Lipinski definition) is 0. The Morgan fingerprint density at radius 2 is 0.551 bits per heavy atom. The Bertz CT molecular complexity index is 2240. The van der Waals surface area contributed by atoms with Gasteiger partial charge in [0, 0.05) is 16.9 Å². The minimum Gasteiger partial charge on any atom is -0.310 e. The molecule has 0 heterocycles. The fraction of sp³-hybridized carbons (Fsp3) is 0. The van der Waals surface area contributed by atoms with E-state index < -0.39 is 0 Å². The van der Waals surface area contributed by atoms with E-state index in [9.17, 15) is 0 Å². The van der Waals surface area contributed by atoms with Crippen molar-refractivity contribution >= 4 is 17.1 Å². The summed E-state index contributed by atoms with van der Waals surface area (Å²) >= 11 is 0. The van der Waals surface area contributed by atoms with E-state index in [-0.39, 0.29) is 0 Å². The quantitative estimate of drug-likeness (QED) is 0.162. The van der Waals surface area contributed by atoms with Crippen LogP contribution in [0.15, 0.2) is 212 Å². The maximum atomic E-state index is 2.40. The highest BCUT2D eigenvalue weighted by Gasteiger charge is 2.19. The van der Waals surface area contributed by atoms with Crippen LogP contribution in [0.25, 0.3) is 55.6 Å². The summed E-state index contributed by atoms with van der Waals surface area (Å²) in [5, 5.41) is 0. The predicted octanol–water partition coefficient (Wildman–Crippen LogP) is 13.5. The summed E-state index contributed by atoms with van der Waals surface area (Å²) in [4.78, 5) is 2.40. The molecule has 8 rings (SSSR count). The summed E-state index contributed by atoms with van der Waals surface area (Å²) in [7, 11) is 0. The van der Waals surface area contributed by atoms with E-state index in [1.807, 2.05) is 0 Å². The molecule has 0 aromatic heterocycles. The lowest BCUT2D eigenvalue weighted by molar-refractivity contribution is 1.28. The molecule has 1 nitrogen and oxygen atoms in total. The van der Waals surface area contributed by atoms with E-state index in [1.54, 1.807) is 0 Å². The molecule has 8 aromatic carbocycles. The van der Waals surface area contributed by atoms with Gasteiger partial charge < -0.3 is 4.90 Å². The number of rotatable bonds is 8. The van der Waals surface area contributed by atoms with Gasteiger partial charge in [-0.2, -0.15) is 0 Å². The van der Waals surface area contributed by atoms with Crippen LogP contribution < -0.4 is 4.90 Å². The minimum atomic E-state index is 1.10. The molecular formula is C48H35N. The summed E-state index contributed by atoms with van der Waals surface area (Å²) in [6.45, 7) is 0. The van der Waals surface area contributed by atoms with E-state index in [4.69, 9.17) is 0 Å². The van der Waals surface area contributed by atoms with Gasteiger partial charge in [0.1, 0.15) is 0 Å². The van der Waals surface area contributed by atoms with Gasteiger partial charge in [-0.1, -0.05) is 170 Å². The lowest BCUT2D eigenvalue weighted by Gasteiger charge is -2.29. The van der Waals surface area contributed by atoms with E-state index in [0.717, 1.165) is 17.1 Å². The summed E-state index contributed by atoms with van der Waals surface area (Å²) in [5.41, 5.74) is 15.2. The van der Waals surface area contributed by atoms with Gasteiger partial charge in [-0.25, -0.2) is 0 Å². The van der Waals surface area contributed by atoms with Crippen LogP contribution in [0.5, 0.6) is 0 Å².